The zero-order valence-electron chi connectivity index (χ0n) is 14.6. The number of hydrogen-bond acceptors (Lipinski definition) is 4. The van der Waals surface area contributed by atoms with E-state index < -0.39 is 0 Å². The second kappa shape index (κ2) is 5.95. The maximum atomic E-state index is 12.7. The number of carbonyl (C=O) groups is 1. The van der Waals surface area contributed by atoms with Crippen molar-refractivity contribution in [1.29, 1.82) is 0 Å². The smallest absolute Gasteiger partial charge is 0.257 e. The lowest BCUT2D eigenvalue weighted by Gasteiger charge is -2.23. The van der Waals surface area contributed by atoms with Gasteiger partial charge in [0.2, 0.25) is 0 Å². The molecule has 0 bridgehead atoms. The van der Waals surface area contributed by atoms with Gasteiger partial charge >= 0.3 is 0 Å². The molecule has 1 aliphatic rings. The van der Waals surface area contributed by atoms with Gasteiger partial charge in [-0.1, -0.05) is 5.16 Å². The van der Waals surface area contributed by atoms with Crippen LogP contribution in [0.2, 0.25) is 0 Å². The van der Waals surface area contributed by atoms with Gasteiger partial charge in [0, 0.05) is 16.6 Å². The molecule has 1 atom stereocenters. The third-order valence-electron chi connectivity index (χ3n) is 4.98. The van der Waals surface area contributed by atoms with Crippen molar-refractivity contribution in [3.05, 3.63) is 46.5 Å². The van der Waals surface area contributed by atoms with Crippen LogP contribution in [-0.4, -0.2) is 23.2 Å². The van der Waals surface area contributed by atoms with Crippen molar-refractivity contribution < 1.29 is 14.1 Å². The van der Waals surface area contributed by atoms with Gasteiger partial charge < -0.3 is 19.6 Å². The van der Waals surface area contributed by atoms with Crippen LogP contribution in [0.5, 0.6) is 5.75 Å². The number of carbonyl (C=O) groups excluding carboxylic acids is 1. The first-order valence-corrected chi connectivity index (χ1v) is 8.50. The summed E-state index contributed by atoms with van der Waals surface area (Å²) in [5.41, 5.74) is 4.58. The zero-order valence-corrected chi connectivity index (χ0v) is 14.6. The molecule has 0 unspecified atom stereocenters. The van der Waals surface area contributed by atoms with Gasteiger partial charge in [-0.2, -0.15) is 0 Å². The van der Waals surface area contributed by atoms with Crippen molar-refractivity contribution in [3.8, 4) is 5.75 Å². The van der Waals surface area contributed by atoms with Crippen molar-refractivity contribution >= 4 is 16.8 Å². The predicted molar refractivity (Wildman–Crippen MR) is 94.0 cm³/mol. The van der Waals surface area contributed by atoms with E-state index in [-0.39, 0.29) is 11.9 Å². The van der Waals surface area contributed by atoms with Gasteiger partial charge in [0.15, 0.2) is 0 Å². The largest absolute Gasteiger partial charge is 0.497 e. The molecule has 1 amide bonds. The van der Waals surface area contributed by atoms with Gasteiger partial charge in [0.1, 0.15) is 17.1 Å². The number of hydrogen-bond donors (Lipinski definition) is 2. The summed E-state index contributed by atoms with van der Waals surface area (Å²) in [6.45, 7) is 3.54. The quantitative estimate of drug-likeness (QED) is 0.764. The molecule has 6 nitrogen and oxygen atoms in total. The number of aromatic amines is 1. The Kier molecular flexibility index (Phi) is 3.75. The Bertz CT molecular complexity index is 935. The van der Waals surface area contributed by atoms with E-state index in [1.165, 1.54) is 10.9 Å². The lowest BCUT2D eigenvalue weighted by Crippen LogP contribution is -2.31. The number of benzene rings is 1. The minimum Gasteiger partial charge on any atom is -0.497 e. The van der Waals surface area contributed by atoms with E-state index in [2.05, 4.69) is 21.5 Å². The van der Waals surface area contributed by atoms with E-state index >= 15 is 0 Å². The average Bonchev–Trinajstić information content (AvgIpc) is 3.15. The molecule has 0 fully saturated rings. The molecule has 3 aromatic rings. The number of nitrogens with one attached hydrogen (secondary N) is 2. The normalized spacial score (nSPS) is 16.7. The average molecular weight is 339 g/mol. The molecule has 0 saturated heterocycles. The number of rotatable bonds is 3. The Morgan fingerprint density at radius 3 is 2.96 bits per heavy atom. The molecule has 6 heteroatoms. The topological polar surface area (TPSA) is 80.1 Å². The highest BCUT2D eigenvalue weighted by Crippen LogP contribution is 2.36. The maximum Gasteiger partial charge on any atom is 0.257 e. The van der Waals surface area contributed by atoms with Crippen LogP contribution in [0.25, 0.3) is 10.9 Å². The molecule has 1 aliphatic carbocycles. The van der Waals surface area contributed by atoms with E-state index in [4.69, 9.17) is 9.26 Å². The first-order chi connectivity index (χ1) is 12.1. The highest BCUT2D eigenvalue weighted by atomic mass is 16.5. The molecule has 25 heavy (non-hydrogen) atoms. The van der Waals surface area contributed by atoms with E-state index in [1.54, 1.807) is 21.0 Å². The Morgan fingerprint density at radius 2 is 2.24 bits per heavy atom. The van der Waals surface area contributed by atoms with E-state index in [0.717, 1.165) is 36.2 Å². The van der Waals surface area contributed by atoms with Crippen LogP contribution < -0.4 is 10.1 Å². The number of ether oxygens (including phenoxy) is 1. The standard InChI is InChI=1S/C19H21N3O3/c1-10-17(11(2)25-22-10)19(23)21-16-6-4-5-13-14-9-12(24-3)7-8-15(14)20-18(13)16/h7-9,16,20H,4-6H2,1-3H3,(H,21,23)/t16-/m1/s1. The van der Waals surface area contributed by atoms with Crippen molar-refractivity contribution in [2.24, 2.45) is 0 Å². The molecule has 2 aromatic heterocycles. The van der Waals surface area contributed by atoms with Crippen molar-refractivity contribution in [1.82, 2.24) is 15.5 Å². The van der Waals surface area contributed by atoms with Crippen LogP contribution in [0.1, 0.15) is 52.0 Å². The van der Waals surface area contributed by atoms with Gasteiger partial charge in [-0.05, 0) is 56.9 Å². The number of fused-ring (bicyclic) bond motifs is 3. The van der Waals surface area contributed by atoms with E-state index in [9.17, 15) is 4.79 Å². The molecule has 1 aromatic carbocycles. The molecule has 0 aliphatic heterocycles. The molecule has 0 saturated carbocycles. The fraction of sp³-hybridized carbons (Fsp3) is 0.368. The van der Waals surface area contributed by atoms with E-state index in [0.29, 0.717) is 17.0 Å². The molecular weight excluding hydrogens is 318 g/mol. The summed E-state index contributed by atoms with van der Waals surface area (Å²) in [5.74, 6) is 1.26. The molecule has 2 N–H and O–H groups in total. The summed E-state index contributed by atoms with van der Waals surface area (Å²) in [6.07, 6.45) is 2.94. The van der Waals surface area contributed by atoms with Crippen LogP contribution in [0.4, 0.5) is 0 Å². The maximum absolute atomic E-state index is 12.7. The van der Waals surface area contributed by atoms with Gasteiger partial charge in [-0.3, -0.25) is 4.79 Å². The molecule has 0 radical (unpaired) electrons. The van der Waals surface area contributed by atoms with Crippen LogP contribution in [0.3, 0.4) is 0 Å². The van der Waals surface area contributed by atoms with Gasteiger partial charge in [-0.25, -0.2) is 0 Å². The molecule has 2 heterocycles. The number of methoxy groups -OCH3 is 1. The fourth-order valence-electron chi connectivity index (χ4n) is 3.75. The highest BCUT2D eigenvalue weighted by Gasteiger charge is 2.28. The van der Waals surface area contributed by atoms with Gasteiger partial charge in [0.05, 0.1) is 18.8 Å². The van der Waals surface area contributed by atoms with Crippen molar-refractivity contribution in [3.63, 3.8) is 0 Å². The highest BCUT2D eigenvalue weighted by molar-refractivity contribution is 5.96. The number of aromatic nitrogens is 2. The van der Waals surface area contributed by atoms with Crippen LogP contribution >= 0.6 is 0 Å². The predicted octanol–water partition coefficient (Wildman–Crippen LogP) is 3.59. The summed E-state index contributed by atoms with van der Waals surface area (Å²) in [7, 11) is 1.67. The lowest BCUT2D eigenvalue weighted by molar-refractivity contribution is 0.0930. The second-order valence-electron chi connectivity index (χ2n) is 6.55. The monoisotopic (exact) mass is 339 g/mol. The minimum atomic E-state index is -0.134. The summed E-state index contributed by atoms with van der Waals surface area (Å²) >= 11 is 0. The third kappa shape index (κ3) is 2.58. The summed E-state index contributed by atoms with van der Waals surface area (Å²) < 4.78 is 10.5. The van der Waals surface area contributed by atoms with Gasteiger partial charge in [0.25, 0.3) is 5.91 Å². The number of amides is 1. The van der Waals surface area contributed by atoms with Crippen LogP contribution in [0, 0.1) is 13.8 Å². The summed E-state index contributed by atoms with van der Waals surface area (Å²) in [5, 5.41) is 8.19. The second-order valence-corrected chi connectivity index (χ2v) is 6.55. The van der Waals surface area contributed by atoms with Crippen LogP contribution in [0.15, 0.2) is 22.7 Å². The van der Waals surface area contributed by atoms with Crippen molar-refractivity contribution in [2.45, 2.75) is 39.2 Å². The molecule has 4 rings (SSSR count). The number of H-pyrrole nitrogens is 1. The van der Waals surface area contributed by atoms with Crippen LogP contribution in [-0.2, 0) is 6.42 Å². The third-order valence-corrected chi connectivity index (χ3v) is 4.98. The Hall–Kier alpha value is -2.76. The Labute approximate surface area is 145 Å². The first-order valence-electron chi connectivity index (χ1n) is 8.50. The Morgan fingerprint density at radius 1 is 1.40 bits per heavy atom. The lowest BCUT2D eigenvalue weighted by atomic mass is 9.91. The molecule has 0 spiro atoms. The zero-order chi connectivity index (χ0) is 17.6. The van der Waals surface area contributed by atoms with Crippen molar-refractivity contribution in [2.75, 3.05) is 7.11 Å². The number of nitrogens with zero attached hydrogens (tertiary/aromatic N) is 1. The summed E-state index contributed by atoms with van der Waals surface area (Å²) in [6, 6.07) is 5.99. The van der Waals surface area contributed by atoms with E-state index in [1.807, 2.05) is 12.1 Å². The fourth-order valence-corrected chi connectivity index (χ4v) is 3.75. The SMILES string of the molecule is COc1ccc2[nH]c3c(c2c1)CCC[C@H]3NC(=O)c1c(C)noc1C. The minimum absolute atomic E-state index is 0.0386. The summed E-state index contributed by atoms with van der Waals surface area (Å²) in [4.78, 5) is 16.2. The first kappa shape index (κ1) is 15.7. The molecule has 130 valence electrons. The number of aryl methyl sites for hydroxylation is 3. The molecular formula is C19H21N3O3. The van der Waals surface area contributed by atoms with Gasteiger partial charge in [-0.15, -0.1) is 0 Å². The Balaban J connectivity index is 1.69.